The normalized spacial score (nSPS) is 15.5. The van der Waals surface area contributed by atoms with Crippen molar-refractivity contribution in [2.24, 2.45) is 5.73 Å². The molecule has 3 heteroatoms. The van der Waals surface area contributed by atoms with Crippen LogP contribution in [0, 0.1) is 0 Å². The van der Waals surface area contributed by atoms with Gasteiger partial charge in [-0.25, -0.2) is 0 Å². The molecule has 0 atom stereocenters. The van der Waals surface area contributed by atoms with Crippen LogP contribution >= 0.6 is 0 Å². The second-order valence-electron chi connectivity index (χ2n) is 5.80. The zero-order chi connectivity index (χ0) is 14.7. The van der Waals surface area contributed by atoms with E-state index in [4.69, 9.17) is 15.2 Å². The smallest absolute Gasteiger partial charge is 0.161 e. The van der Waals surface area contributed by atoms with E-state index in [9.17, 15) is 0 Å². The highest BCUT2D eigenvalue weighted by Gasteiger charge is 2.38. The molecule has 0 spiro atoms. The Balaban J connectivity index is 1.73. The van der Waals surface area contributed by atoms with Crippen LogP contribution in [-0.2, 0) is 13.0 Å². The average molecular weight is 283 g/mol. The quantitative estimate of drug-likeness (QED) is 0.884. The van der Waals surface area contributed by atoms with Crippen molar-refractivity contribution < 1.29 is 9.47 Å². The van der Waals surface area contributed by atoms with Gasteiger partial charge >= 0.3 is 0 Å². The molecule has 0 amide bonds. The first kappa shape index (κ1) is 14.0. The van der Waals surface area contributed by atoms with E-state index in [1.54, 1.807) is 7.11 Å². The van der Waals surface area contributed by atoms with Crippen LogP contribution in [0.1, 0.15) is 24.0 Å². The minimum Gasteiger partial charge on any atom is -0.493 e. The molecule has 2 aromatic carbocycles. The molecule has 0 aromatic heterocycles. The lowest BCUT2D eigenvalue weighted by atomic mass is 10.0. The van der Waals surface area contributed by atoms with Crippen LogP contribution < -0.4 is 15.2 Å². The van der Waals surface area contributed by atoms with Crippen molar-refractivity contribution in [2.45, 2.75) is 31.4 Å². The van der Waals surface area contributed by atoms with Crippen molar-refractivity contribution in [1.82, 2.24) is 0 Å². The number of ether oxygens (including phenoxy) is 2. The first-order valence-corrected chi connectivity index (χ1v) is 7.31. The second kappa shape index (κ2) is 5.78. The summed E-state index contributed by atoms with van der Waals surface area (Å²) in [5.74, 6) is 1.54. The van der Waals surface area contributed by atoms with Gasteiger partial charge in [-0.1, -0.05) is 36.4 Å². The van der Waals surface area contributed by atoms with Crippen LogP contribution in [0.2, 0.25) is 0 Å². The van der Waals surface area contributed by atoms with E-state index in [0.29, 0.717) is 6.61 Å². The van der Waals surface area contributed by atoms with E-state index in [2.05, 4.69) is 24.3 Å². The predicted molar refractivity (Wildman–Crippen MR) is 83.6 cm³/mol. The Kier molecular flexibility index (Phi) is 3.84. The van der Waals surface area contributed by atoms with Crippen molar-refractivity contribution in [3.8, 4) is 11.5 Å². The molecule has 2 N–H and O–H groups in total. The Morgan fingerprint density at radius 1 is 1.00 bits per heavy atom. The molecule has 0 aliphatic heterocycles. The second-order valence-corrected chi connectivity index (χ2v) is 5.80. The number of methoxy groups -OCH3 is 1. The van der Waals surface area contributed by atoms with Gasteiger partial charge in [-0.3, -0.25) is 0 Å². The summed E-state index contributed by atoms with van der Waals surface area (Å²) in [7, 11) is 1.66. The Morgan fingerprint density at radius 2 is 1.76 bits per heavy atom. The van der Waals surface area contributed by atoms with Gasteiger partial charge in [0, 0.05) is 5.54 Å². The number of rotatable bonds is 6. The van der Waals surface area contributed by atoms with Crippen molar-refractivity contribution in [3.05, 3.63) is 59.7 Å². The molecule has 0 radical (unpaired) electrons. The van der Waals surface area contributed by atoms with Crippen LogP contribution in [0.25, 0.3) is 0 Å². The summed E-state index contributed by atoms with van der Waals surface area (Å²) in [5.41, 5.74) is 8.55. The molecular weight excluding hydrogens is 262 g/mol. The van der Waals surface area contributed by atoms with Gasteiger partial charge in [-0.2, -0.15) is 0 Å². The van der Waals surface area contributed by atoms with Gasteiger partial charge in [-0.15, -0.1) is 0 Å². The molecule has 2 aromatic rings. The number of benzene rings is 2. The molecule has 0 saturated heterocycles. The molecule has 21 heavy (non-hydrogen) atoms. The van der Waals surface area contributed by atoms with E-state index in [1.165, 1.54) is 5.56 Å². The van der Waals surface area contributed by atoms with Gasteiger partial charge in [0.05, 0.1) is 7.11 Å². The standard InChI is InChI=1S/C18H21NO2/c1-20-16-8-7-15(12-18(19)9-10-18)11-17(16)21-13-14-5-3-2-4-6-14/h2-8,11H,9-10,12-13,19H2,1H3. The van der Waals surface area contributed by atoms with Crippen LogP contribution in [0.15, 0.2) is 48.5 Å². The highest BCUT2D eigenvalue weighted by atomic mass is 16.5. The van der Waals surface area contributed by atoms with Crippen LogP contribution in [0.3, 0.4) is 0 Å². The maximum absolute atomic E-state index is 6.19. The topological polar surface area (TPSA) is 44.5 Å². The van der Waals surface area contributed by atoms with Crippen LogP contribution in [-0.4, -0.2) is 12.6 Å². The highest BCUT2D eigenvalue weighted by Crippen LogP contribution is 2.37. The van der Waals surface area contributed by atoms with Crippen molar-refractivity contribution in [2.75, 3.05) is 7.11 Å². The van der Waals surface area contributed by atoms with E-state index in [-0.39, 0.29) is 5.54 Å². The number of nitrogens with two attached hydrogens (primary N) is 1. The van der Waals surface area contributed by atoms with E-state index in [1.807, 2.05) is 24.3 Å². The number of hydrogen-bond acceptors (Lipinski definition) is 3. The van der Waals surface area contributed by atoms with Gasteiger partial charge in [0.25, 0.3) is 0 Å². The maximum Gasteiger partial charge on any atom is 0.161 e. The first-order chi connectivity index (χ1) is 10.2. The summed E-state index contributed by atoms with van der Waals surface area (Å²) in [6.07, 6.45) is 3.12. The Morgan fingerprint density at radius 3 is 2.43 bits per heavy atom. The van der Waals surface area contributed by atoms with Crippen molar-refractivity contribution in [1.29, 1.82) is 0 Å². The number of hydrogen-bond donors (Lipinski definition) is 1. The van der Waals surface area contributed by atoms with Crippen LogP contribution in [0.5, 0.6) is 11.5 Å². The summed E-state index contributed by atoms with van der Waals surface area (Å²) < 4.78 is 11.3. The third-order valence-corrected chi connectivity index (χ3v) is 3.91. The largest absolute Gasteiger partial charge is 0.493 e. The van der Waals surface area contributed by atoms with Gasteiger partial charge in [-0.05, 0) is 42.5 Å². The lowest BCUT2D eigenvalue weighted by Crippen LogP contribution is -2.24. The zero-order valence-corrected chi connectivity index (χ0v) is 12.3. The molecule has 0 unspecified atom stereocenters. The van der Waals surface area contributed by atoms with Gasteiger partial charge in [0.2, 0.25) is 0 Å². The van der Waals surface area contributed by atoms with Crippen molar-refractivity contribution >= 4 is 0 Å². The molecule has 1 aliphatic rings. The molecule has 1 fully saturated rings. The summed E-state index contributed by atoms with van der Waals surface area (Å²) in [4.78, 5) is 0. The average Bonchev–Trinajstić information content (AvgIpc) is 3.23. The molecule has 0 bridgehead atoms. The first-order valence-electron chi connectivity index (χ1n) is 7.31. The Labute approximate surface area is 125 Å². The predicted octanol–water partition coefficient (Wildman–Crippen LogP) is 3.31. The third-order valence-electron chi connectivity index (χ3n) is 3.91. The zero-order valence-electron chi connectivity index (χ0n) is 12.3. The lowest BCUT2D eigenvalue weighted by Gasteiger charge is -2.14. The summed E-state index contributed by atoms with van der Waals surface area (Å²) in [5, 5.41) is 0. The fourth-order valence-electron chi connectivity index (χ4n) is 2.42. The van der Waals surface area contributed by atoms with Gasteiger partial charge in [0.1, 0.15) is 6.61 Å². The van der Waals surface area contributed by atoms with Crippen molar-refractivity contribution in [3.63, 3.8) is 0 Å². The molecule has 1 aliphatic carbocycles. The van der Waals surface area contributed by atoms with Gasteiger partial charge in [0.15, 0.2) is 11.5 Å². The molecule has 0 heterocycles. The van der Waals surface area contributed by atoms with E-state index < -0.39 is 0 Å². The van der Waals surface area contributed by atoms with E-state index >= 15 is 0 Å². The monoisotopic (exact) mass is 283 g/mol. The summed E-state index contributed by atoms with van der Waals surface area (Å²) in [6, 6.07) is 16.2. The van der Waals surface area contributed by atoms with Gasteiger partial charge < -0.3 is 15.2 Å². The highest BCUT2D eigenvalue weighted by molar-refractivity contribution is 5.43. The molecule has 3 nitrogen and oxygen atoms in total. The molecule has 3 rings (SSSR count). The fourth-order valence-corrected chi connectivity index (χ4v) is 2.42. The maximum atomic E-state index is 6.19. The summed E-state index contributed by atoms with van der Waals surface area (Å²) >= 11 is 0. The fraction of sp³-hybridized carbons (Fsp3) is 0.333. The molecule has 110 valence electrons. The minimum absolute atomic E-state index is 0.00525. The lowest BCUT2D eigenvalue weighted by molar-refractivity contribution is 0.284. The molecular formula is C18H21NO2. The SMILES string of the molecule is COc1ccc(CC2(N)CC2)cc1OCc1ccccc1. The summed E-state index contributed by atoms with van der Waals surface area (Å²) in [6.45, 7) is 0.536. The Hall–Kier alpha value is -2.00. The van der Waals surface area contributed by atoms with E-state index in [0.717, 1.165) is 36.3 Å². The molecule has 1 saturated carbocycles. The third kappa shape index (κ3) is 3.56. The van der Waals surface area contributed by atoms with Crippen LogP contribution in [0.4, 0.5) is 0 Å². The minimum atomic E-state index is 0.00525. The Bertz CT molecular complexity index is 606.